The highest BCUT2D eigenvalue weighted by Crippen LogP contribution is 1.80. The van der Waals surface area contributed by atoms with E-state index in [4.69, 9.17) is 21.5 Å². The van der Waals surface area contributed by atoms with Gasteiger partial charge in [0.2, 0.25) is 10.9 Å². The lowest BCUT2D eigenvalue weighted by molar-refractivity contribution is 1.26. The van der Waals surface area contributed by atoms with Crippen LogP contribution in [-0.2, 0) is 0 Å². The molecular formula is C10H6N4O2. The summed E-state index contributed by atoms with van der Waals surface area (Å²) in [6, 6.07) is 1.62. The Bertz CT molecular complexity index is 701. The Morgan fingerprint density at radius 1 is 1.00 bits per heavy atom. The summed E-state index contributed by atoms with van der Waals surface area (Å²) >= 11 is 0. The molecule has 0 heterocycles. The van der Waals surface area contributed by atoms with Gasteiger partial charge >= 0.3 is 0 Å². The molecule has 0 unspecified atom stereocenters. The summed E-state index contributed by atoms with van der Waals surface area (Å²) in [6.07, 6.45) is 2.18. The van der Waals surface area contributed by atoms with E-state index in [0.29, 0.717) is 6.21 Å². The van der Waals surface area contributed by atoms with Gasteiger partial charge in [0.15, 0.2) is 0 Å². The molecule has 0 aliphatic rings. The molecule has 0 atom stereocenters. The van der Waals surface area contributed by atoms with E-state index in [2.05, 4.69) is 0 Å². The predicted octanol–water partition coefficient (Wildman–Crippen LogP) is -1.94. The number of hydrogen-bond acceptors (Lipinski definition) is 6. The second-order valence-electron chi connectivity index (χ2n) is 2.82. The Morgan fingerprint density at radius 3 is 1.88 bits per heavy atom. The molecule has 6 nitrogen and oxygen atoms in total. The Hall–Kier alpha value is -2.68. The van der Waals surface area contributed by atoms with E-state index in [-0.39, 0.29) is 21.6 Å². The molecule has 1 aromatic rings. The van der Waals surface area contributed by atoms with Crippen LogP contribution in [0.5, 0.6) is 0 Å². The summed E-state index contributed by atoms with van der Waals surface area (Å²) in [7, 11) is 0. The van der Waals surface area contributed by atoms with Gasteiger partial charge < -0.3 is 16.2 Å². The van der Waals surface area contributed by atoms with Crippen LogP contribution in [0.25, 0.3) is 11.1 Å². The van der Waals surface area contributed by atoms with E-state index in [9.17, 15) is 9.59 Å². The number of nitrogens with one attached hydrogen (secondary N) is 3. The molecule has 0 aromatic heterocycles. The Kier molecular flexibility index (Phi) is 3.01. The first kappa shape index (κ1) is 11.4. The predicted molar refractivity (Wildman–Crippen MR) is 59.4 cm³/mol. The molecule has 0 amide bonds. The van der Waals surface area contributed by atoms with Gasteiger partial charge in [-0.25, -0.2) is 0 Å². The van der Waals surface area contributed by atoms with Crippen LogP contribution in [0.4, 0.5) is 0 Å². The normalized spacial score (nSPS) is 11.4. The Balaban J connectivity index is 4.10. The Morgan fingerprint density at radius 2 is 1.50 bits per heavy atom. The van der Waals surface area contributed by atoms with E-state index < -0.39 is 10.9 Å². The van der Waals surface area contributed by atoms with Gasteiger partial charge in [0.05, 0.1) is 10.8 Å². The zero-order valence-electron chi connectivity index (χ0n) is 8.00. The monoisotopic (exact) mass is 214 g/mol. The van der Waals surface area contributed by atoms with Crippen LogP contribution in [0.15, 0.2) is 9.59 Å². The van der Waals surface area contributed by atoms with Gasteiger partial charge in [-0.15, -0.1) is 0 Å². The first-order valence-corrected chi connectivity index (χ1v) is 4.11. The first-order valence-electron chi connectivity index (χ1n) is 4.11. The highest BCUT2D eigenvalue weighted by atomic mass is 16.2. The molecule has 0 aliphatic carbocycles. The van der Waals surface area contributed by atoms with Gasteiger partial charge in [0.25, 0.3) is 0 Å². The van der Waals surface area contributed by atoms with Gasteiger partial charge in [-0.1, -0.05) is 0 Å². The summed E-state index contributed by atoms with van der Waals surface area (Å²) in [5, 5.41) is 29.2. The lowest BCUT2D eigenvalue weighted by atomic mass is 10.0. The topological polar surface area (TPSA) is 129 Å². The molecule has 78 valence electrons. The average Bonchev–Trinajstić information content (AvgIpc) is 2.33. The standard InChI is InChI=1S/C10H6N4O2/c11-1-5(2-12)7-8(6(3-13)4-14)10(16)9(7)15/h1-3,11-13H/b7-5?,8-6-,11-1?,12-2?,13-3?. The number of hydrogen-bond donors (Lipinski definition) is 3. The number of rotatable bonds is 3. The van der Waals surface area contributed by atoms with Crippen molar-refractivity contribution in [2.75, 3.05) is 0 Å². The van der Waals surface area contributed by atoms with Crippen molar-refractivity contribution in [2.45, 2.75) is 0 Å². The maximum absolute atomic E-state index is 11.2. The summed E-state index contributed by atoms with van der Waals surface area (Å²) in [6.45, 7) is 0. The minimum Gasteiger partial charge on any atom is -0.308 e. The van der Waals surface area contributed by atoms with Crippen LogP contribution in [0.2, 0.25) is 0 Å². The molecule has 0 saturated heterocycles. The van der Waals surface area contributed by atoms with Crippen LogP contribution in [0, 0.1) is 27.6 Å². The summed E-state index contributed by atoms with van der Waals surface area (Å²) < 4.78 is 0. The van der Waals surface area contributed by atoms with E-state index >= 15 is 0 Å². The van der Waals surface area contributed by atoms with Crippen LogP contribution >= 0.6 is 0 Å². The molecule has 3 N–H and O–H groups in total. The van der Waals surface area contributed by atoms with Gasteiger partial charge in [-0.05, 0) is 0 Å². The summed E-state index contributed by atoms with van der Waals surface area (Å²) in [5.74, 6) is 0. The summed E-state index contributed by atoms with van der Waals surface area (Å²) in [4.78, 5) is 22.5. The highest BCUT2D eigenvalue weighted by Gasteiger charge is 2.14. The molecule has 0 fully saturated rings. The number of nitrogens with zero attached hydrogens (tertiary/aromatic N) is 1. The van der Waals surface area contributed by atoms with Crippen molar-refractivity contribution in [1.82, 2.24) is 0 Å². The first-order chi connectivity index (χ1) is 7.62. The molecule has 6 heteroatoms. The SMILES string of the molecule is N#C/C(C=N)=c1\c(=O)c(=O)c1=C(C=N)C=N. The van der Waals surface area contributed by atoms with E-state index in [1.807, 2.05) is 0 Å². The van der Waals surface area contributed by atoms with Crippen molar-refractivity contribution in [2.24, 2.45) is 0 Å². The molecule has 0 radical (unpaired) electrons. The lowest BCUT2D eigenvalue weighted by Crippen LogP contribution is -2.66. The molecule has 0 aliphatic heterocycles. The quantitative estimate of drug-likeness (QED) is 0.399. The van der Waals surface area contributed by atoms with Crippen molar-refractivity contribution < 1.29 is 0 Å². The smallest absolute Gasteiger partial charge is 0.235 e. The van der Waals surface area contributed by atoms with Crippen molar-refractivity contribution in [1.29, 1.82) is 21.5 Å². The molecule has 1 aromatic carbocycles. The molecule has 1 rings (SSSR count). The molecule has 0 bridgehead atoms. The molecular weight excluding hydrogens is 208 g/mol. The van der Waals surface area contributed by atoms with E-state index in [1.165, 1.54) is 0 Å². The van der Waals surface area contributed by atoms with Gasteiger partial charge in [0.1, 0.15) is 6.07 Å². The van der Waals surface area contributed by atoms with Gasteiger partial charge in [-0.3, -0.25) is 9.59 Å². The fourth-order valence-corrected chi connectivity index (χ4v) is 1.27. The van der Waals surface area contributed by atoms with Crippen LogP contribution in [-0.4, -0.2) is 18.6 Å². The minimum atomic E-state index is -0.851. The van der Waals surface area contributed by atoms with Crippen molar-refractivity contribution >= 4 is 29.8 Å². The van der Waals surface area contributed by atoms with Crippen molar-refractivity contribution in [3.8, 4) is 6.07 Å². The van der Waals surface area contributed by atoms with Gasteiger partial charge in [0, 0.05) is 29.4 Å². The molecule has 0 spiro atoms. The largest absolute Gasteiger partial charge is 0.308 e. The van der Waals surface area contributed by atoms with Crippen LogP contribution in [0.1, 0.15) is 0 Å². The second kappa shape index (κ2) is 4.23. The third kappa shape index (κ3) is 1.40. The van der Waals surface area contributed by atoms with Crippen LogP contribution in [0.3, 0.4) is 0 Å². The van der Waals surface area contributed by atoms with Gasteiger partial charge in [-0.2, -0.15) is 5.26 Å². The third-order valence-corrected chi connectivity index (χ3v) is 2.04. The third-order valence-electron chi connectivity index (χ3n) is 2.04. The summed E-state index contributed by atoms with van der Waals surface area (Å²) in [5.41, 5.74) is -1.96. The minimum absolute atomic E-state index is 0.0470. The Labute approximate surface area is 89.0 Å². The maximum atomic E-state index is 11.2. The van der Waals surface area contributed by atoms with Crippen molar-refractivity contribution in [3.05, 3.63) is 30.9 Å². The average molecular weight is 214 g/mol. The fourth-order valence-electron chi connectivity index (χ4n) is 1.27. The fraction of sp³-hybridized carbons (Fsp3) is 0. The zero-order valence-corrected chi connectivity index (χ0v) is 8.00. The lowest BCUT2D eigenvalue weighted by Gasteiger charge is -1.96. The van der Waals surface area contributed by atoms with E-state index in [0.717, 1.165) is 12.4 Å². The van der Waals surface area contributed by atoms with Crippen molar-refractivity contribution in [3.63, 3.8) is 0 Å². The van der Waals surface area contributed by atoms with E-state index in [1.54, 1.807) is 6.07 Å². The zero-order chi connectivity index (χ0) is 12.3. The highest BCUT2D eigenvalue weighted by molar-refractivity contribution is 6.26. The molecule has 0 saturated carbocycles. The second-order valence-corrected chi connectivity index (χ2v) is 2.82. The molecule has 16 heavy (non-hydrogen) atoms. The van der Waals surface area contributed by atoms with Crippen LogP contribution < -0.4 is 21.3 Å². The number of nitriles is 1. The maximum Gasteiger partial charge on any atom is 0.235 e.